The van der Waals surface area contributed by atoms with Crippen LogP contribution in [-0.4, -0.2) is 86.7 Å². The lowest BCUT2D eigenvalue weighted by Crippen LogP contribution is -2.48. The highest BCUT2D eigenvalue weighted by Gasteiger charge is 2.65. The average Bonchev–Trinajstić information content (AvgIpc) is 3.63. The molecular formula is C48H61N4O8PS. The molecule has 4 aromatic rings. The van der Waals surface area contributed by atoms with E-state index in [2.05, 4.69) is 11.9 Å². The van der Waals surface area contributed by atoms with Crippen molar-refractivity contribution in [1.29, 1.82) is 0 Å². The Balaban J connectivity index is 1.21. The Bertz CT molecular complexity index is 2320. The van der Waals surface area contributed by atoms with Crippen molar-refractivity contribution in [3.05, 3.63) is 78.2 Å². The summed E-state index contributed by atoms with van der Waals surface area (Å²) in [4.78, 5) is 66.4. The summed E-state index contributed by atoms with van der Waals surface area (Å²) in [5.74, 6) is -1.06. The topological polar surface area (TPSA) is 157 Å². The van der Waals surface area contributed by atoms with Gasteiger partial charge in [0.05, 0.1) is 48.4 Å². The number of benzene rings is 2. The third-order valence-electron chi connectivity index (χ3n) is 12.8. The van der Waals surface area contributed by atoms with Gasteiger partial charge in [0.25, 0.3) is 0 Å². The molecule has 2 N–H and O–H groups in total. The molecule has 7 rings (SSSR count). The van der Waals surface area contributed by atoms with E-state index in [1.54, 1.807) is 18.1 Å². The van der Waals surface area contributed by atoms with Crippen molar-refractivity contribution in [2.24, 2.45) is 17.3 Å². The predicted molar refractivity (Wildman–Crippen MR) is 244 cm³/mol. The number of amides is 1. The number of Topliss-reactive ketones (excluding diaryl/α,β-unsaturated/α-hetero) is 1. The molecule has 12 nitrogen and oxygen atoms in total. The van der Waals surface area contributed by atoms with Gasteiger partial charge in [0.2, 0.25) is 13.3 Å². The van der Waals surface area contributed by atoms with Crippen LogP contribution in [0.2, 0.25) is 0 Å². The number of aromatic nitrogens is 2. The standard InChI is InChI=1S/C48H61N4O8PS/c1-8-32-26-48(32,61(56,57)21-20-31-14-10-9-11-15-31)27-42(53)41-23-35(28-52(41)45(55)37(47(4,5)6)24-44(54)60-33-16-12-13-17-33)59-43-25-39(40-29-62-46(51-40)49-30(2)3)50-38-22-34(58-7)18-19-36(38)43/h8-11,14-15,18-19,22,25,29-30,32-33,35,37,41H,1,12-13,16-17,20-21,23-24,26-28H2,2-7H3,(H,49,51)(H,56,57)/t32-,35-,37-,41+,48-/m1/s1. The number of nitrogens with zero attached hydrogens (tertiary/aromatic N) is 3. The lowest BCUT2D eigenvalue weighted by molar-refractivity contribution is -0.156. The minimum absolute atomic E-state index is 0.0269. The van der Waals surface area contributed by atoms with Crippen molar-refractivity contribution in [2.75, 3.05) is 25.1 Å². The van der Waals surface area contributed by atoms with Crippen molar-refractivity contribution in [2.45, 2.75) is 122 Å². The maximum Gasteiger partial charge on any atom is 0.306 e. The van der Waals surface area contributed by atoms with Gasteiger partial charge in [0.1, 0.15) is 29.4 Å². The molecular weight excluding hydrogens is 824 g/mol. The van der Waals surface area contributed by atoms with Crippen LogP contribution in [0.15, 0.2) is 72.6 Å². The van der Waals surface area contributed by atoms with Crippen molar-refractivity contribution < 1.29 is 38.1 Å². The molecule has 1 saturated heterocycles. The molecule has 3 fully saturated rings. The van der Waals surface area contributed by atoms with Crippen LogP contribution in [0, 0.1) is 17.3 Å². The SMILES string of the molecule is C=C[C@@H]1C[C@]1(CC(=O)[C@@H]1C[C@@H](Oc2cc(-c3csc(NC(C)C)n3)nc3cc(OC)ccc23)CN1C(=O)[C@@H](CC(=O)OC1CCCC1)C(C)(C)C)P(=O)(O)CCc1ccccc1. The van der Waals surface area contributed by atoms with Gasteiger partial charge < -0.3 is 29.3 Å². The van der Waals surface area contributed by atoms with Gasteiger partial charge in [0, 0.05) is 47.9 Å². The third-order valence-corrected chi connectivity index (χ3v) is 16.5. The Kier molecular flexibility index (Phi) is 13.7. The van der Waals surface area contributed by atoms with E-state index in [0.717, 1.165) is 36.4 Å². The van der Waals surface area contributed by atoms with Crippen LogP contribution in [0.3, 0.4) is 0 Å². The number of hydrogen-bond donors (Lipinski definition) is 2. The molecule has 0 radical (unpaired) electrons. The second kappa shape index (κ2) is 18.6. The van der Waals surface area contributed by atoms with Gasteiger partial charge in [-0.2, -0.15) is 0 Å². The monoisotopic (exact) mass is 884 g/mol. The maximum atomic E-state index is 15.0. The highest BCUT2D eigenvalue weighted by Crippen LogP contribution is 2.73. The van der Waals surface area contributed by atoms with Gasteiger partial charge in [-0.25, -0.2) is 9.97 Å². The number of ketones is 1. The van der Waals surface area contributed by atoms with Crippen LogP contribution in [-0.2, 0) is 30.1 Å². The Hall–Kier alpha value is -4.58. The normalized spacial score (nSPS) is 22.9. The van der Waals surface area contributed by atoms with Crippen LogP contribution in [0.1, 0.15) is 91.5 Å². The molecule has 62 heavy (non-hydrogen) atoms. The number of nitrogens with one attached hydrogen (secondary N) is 1. The molecule has 2 aliphatic carbocycles. The predicted octanol–water partition coefficient (Wildman–Crippen LogP) is 9.49. The zero-order valence-corrected chi connectivity index (χ0v) is 38.5. The summed E-state index contributed by atoms with van der Waals surface area (Å²) in [5.41, 5.74) is 2.15. The van der Waals surface area contributed by atoms with Crippen LogP contribution in [0.4, 0.5) is 5.13 Å². The number of thiazole rings is 1. The van der Waals surface area contributed by atoms with E-state index in [4.69, 9.17) is 24.2 Å². The van der Waals surface area contributed by atoms with E-state index in [9.17, 15) is 23.8 Å². The number of carbonyl (C=O) groups is 3. The summed E-state index contributed by atoms with van der Waals surface area (Å²) in [6.07, 6.45) is 5.14. The first-order valence-electron chi connectivity index (χ1n) is 21.9. The number of allylic oxidation sites excluding steroid dienone is 1. The molecule has 3 heterocycles. The molecule has 332 valence electrons. The molecule has 1 unspecified atom stereocenters. The van der Waals surface area contributed by atoms with Gasteiger partial charge in [-0.1, -0.05) is 57.2 Å². The number of likely N-dealkylation sites (tertiary alicyclic amines) is 1. The van der Waals surface area contributed by atoms with Crippen LogP contribution in [0.25, 0.3) is 22.3 Å². The van der Waals surface area contributed by atoms with E-state index < -0.39 is 42.0 Å². The highest BCUT2D eigenvalue weighted by molar-refractivity contribution is 7.60. The number of pyridine rings is 1. The maximum absolute atomic E-state index is 15.0. The van der Waals surface area contributed by atoms with Gasteiger partial charge in [-0.15, -0.1) is 17.9 Å². The fraction of sp³-hybridized carbons (Fsp3) is 0.521. The molecule has 2 aromatic heterocycles. The molecule has 0 bridgehead atoms. The number of methoxy groups -OCH3 is 1. The Labute approximate surface area is 369 Å². The fourth-order valence-corrected chi connectivity index (χ4v) is 12.5. The molecule has 6 atom stereocenters. The lowest BCUT2D eigenvalue weighted by atomic mass is 9.77. The smallest absolute Gasteiger partial charge is 0.306 e. The number of hydrogen-bond acceptors (Lipinski definition) is 11. The van der Waals surface area contributed by atoms with Crippen molar-refractivity contribution in [1.82, 2.24) is 14.9 Å². The first-order valence-corrected chi connectivity index (χ1v) is 24.6. The molecule has 14 heteroatoms. The van der Waals surface area contributed by atoms with Crippen LogP contribution < -0.4 is 14.8 Å². The zero-order valence-electron chi connectivity index (χ0n) is 36.8. The van der Waals surface area contributed by atoms with E-state index in [-0.39, 0.29) is 61.7 Å². The van der Waals surface area contributed by atoms with E-state index in [1.807, 2.05) is 94.6 Å². The minimum atomic E-state index is -3.90. The van der Waals surface area contributed by atoms with E-state index in [0.29, 0.717) is 46.6 Å². The summed E-state index contributed by atoms with van der Waals surface area (Å²) in [6, 6.07) is 16.2. The van der Waals surface area contributed by atoms with E-state index in [1.165, 1.54) is 11.3 Å². The van der Waals surface area contributed by atoms with Crippen LogP contribution in [0.5, 0.6) is 11.5 Å². The van der Waals surface area contributed by atoms with Gasteiger partial charge in [-0.05, 0) is 81.4 Å². The summed E-state index contributed by atoms with van der Waals surface area (Å²) in [6.45, 7) is 13.9. The van der Waals surface area contributed by atoms with Crippen molar-refractivity contribution in [3.63, 3.8) is 0 Å². The molecule has 3 aliphatic rings. The number of ether oxygens (including phenoxy) is 3. The molecule has 2 aromatic carbocycles. The largest absolute Gasteiger partial charge is 0.497 e. The van der Waals surface area contributed by atoms with E-state index >= 15 is 0 Å². The summed E-state index contributed by atoms with van der Waals surface area (Å²) < 4.78 is 32.6. The third kappa shape index (κ3) is 10.1. The summed E-state index contributed by atoms with van der Waals surface area (Å²) >= 11 is 1.48. The molecule has 2 saturated carbocycles. The first-order chi connectivity index (χ1) is 29.5. The second-order valence-corrected chi connectivity index (χ2v) is 22.3. The van der Waals surface area contributed by atoms with Crippen molar-refractivity contribution in [3.8, 4) is 22.9 Å². The molecule has 1 aliphatic heterocycles. The minimum Gasteiger partial charge on any atom is -0.497 e. The van der Waals surface area contributed by atoms with Gasteiger partial charge >= 0.3 is 5.97 Å². The van der Waals surface area contributed by atoms with Crippen LogP contribution >= 0.6 is 18.7 Å². The molecule has 0 spiro atoms. The number of rotatable bonds is 18. The highest BCUT2D eigenvalue weighted by atomic mass is 32.1. The second-order valence-electron chi connectivity index (χ2n) is 18.7. The summed E-state index contributed by atoms with van der Waals surface area (Å²) in [5, 5.41) is 5.58. The van der Waals surface area contributed by atoms with Crippen molar-refractivity contribution >= 4 is 52.4 Å². The quantitative estimate of drug-likeness (QED) is 0.0557. The summed E-state index contributed by atoms with van der Waals surface area (Å²) in [7, 11) is -2.31. The number of anilines is 1. The first kappa shape index (κ1) is 45.4. The lowest BCUT2D eigenvalue weighted by Gasteiger charge is -2.35. The van der Waals surface area contributed by atoms with Gasteiger partial charge in [0.15, 0.2) is 10.9 Å². The number of aryl methyl sites for hydroxylation is 1. The Morgan fingerprint density at radius 1 is 1.06 bits per heavy atom. The Morgan fingerprint density at radius 3 is 2.47 bits per heavy atom. The van der Waals surface area contributed by atoms with Gasteiger partial charge in [-0.3, -0.25) is 18.9 Å². The number of esters is 1. The fourth-order valence-electron chi connectivity index (χ4n) is 9.14. The Morgan fingerprint density at radius 2 is 1.81 bits per heavy atom. The number of fused-ring (bicyclic) bond motifs is 1. The average molecular weight is 885 g/mol. The molecule has 1 amide bonds. The number of carbonyl (C=O) groups excluding carboxylic acids is 3. The zero-order chi connectivity index (χ0) is 44.4.